The van der Waals surface area contributed by atoms with Crippen LogP contribution in [-0.2, 0) is 4.65 Å². The first-order valence-corrected chi connectivity index (χ1v) is 9.94. The van der Waals surface area contributed by atoms with Crippen molar-refractivity contribution in [1.29, 1.82) is 0 Å². The van der Waals surface area contributed by atoms with Crippen molar-refractivity contribution >= 4 is 7.48 Å². The summed E-state index contributed by atoms with van der Waals surface area (Å²) in [7, 11) is 1.78. The largest absolute Gasteiger partial charge is 0.427 e. The monoisotopic (exact) mass is 361 g/mol. The Balaban J connectivity index is 2.87. The van der Waals surface area contributed by atoms with Gasteiger partial charge in [-0.15, -0.1) is 0 Å². The van der Waals surface area contributed by atoms with Gasteiger partial charge in [-0.1, -0.05) is 38.2 Å². The molecule has 0 saturated carbocycles. The second kappa shape index (κ2) is 10.2. The number of unbranched alkanes of at least 4 members (excludes halogenated alkanes) is 1. The first-order chi connectivity index (χ1) is 12.1. The fourth-order valence-electron chi connectivity index (χ4n) is 2.78. The Morgan fingerprint density at radius 3 is 2.50 bits per heavy atom. The van der Waals surface area contributed by atoms with Crippen LogP contribution in [0.25, 0.3) is 0 Å². The zero-order chi connectivity index (χ0) is 19.8. The molecule has 1 rings (SSSR count). The van der Waals surface area contributed by atoms with Crippen LogP contribution in [0, 0.1) is 11.8 Å². The molecule has 147 valence electrons. The van der Waals surface area contributed by atoms with E-state index in [0.29, 0.717) is 11.8 Å². The summed E-state index contributed by atoms with van der Waals surface area (Å²) in [4.78, 5) is 0. The van der Waals surface area contributed by atoms with E-state index in [1.807, 2.05) is 26.2 Å². The van der Waals surface area contributed by atoms with Gasteiger partial charge in [-0.25, -0.2) is 0 Å². The summed E-state index contributed by atoms with van der Waals surface area (Å²) >= 11 is 0. The van der Waals surface area contributed by atoms with Crippen molar-refractivity contribution in [2.24, 2.45) is 11.8 Å². The lowest BCUT2D eigenvalue weighted by Gasteiger charge is -2.38. The lowest BCUT2D eigenvalue weighted by Crippen LogP contribution is -2.48. The average Bonchev–Trinajstić information content (AvgIpc) is 2.55. The highest BCUT2D eigenvalue weighted by molar-refractivity contribution is 6.39. The summed E-state index contributed by atoms with van der Waals surface area (Å²) in [6, 6.07) is 0. The lowest BCUT2D eigenvalue weighted by molar-refractivity contribution is -0.0896. The van der Waals surface area contributed by atoms with E-state index in [0.717, 1.165) is 12.0 Å². The fourth-order valence-corrected chi connectivity index (χ4v) is 2.78. The molecule has 26 heavy (non-hydrogen) atoms. The van der Waals surface area contributed by atoms with E-state index >= 15 is 0 Å². The molecular weight excluding hydrogens is 323 g/mol. The number of hydrogen-bond donors (Lipinski definition) is 3. The van der Waals surface area contributed by atoms with Gasteiger partial charge >= 0.3 is 7.48 Å². The van der Waals surface area contributed by atoms with Crippen LogP contribution in [0.3, 0.4) is 0 Å². The third kappa shape index (κ3) is 6.84. The molecule has 0 heterocycles. The minimum absolute atomic E-state index is 0.432. The van der Waals surface area contributed by atoms with Crippen LogP contribution in [0.1, 0.15) is 67.7 Å². The van der Waals surface area contributed by atoms with Crippen molar-refractivity contribution in [2.45, 2.75) is 78.9 Å². The molecule has 5 heteroatoms. The Hall–Kier alpha value is -1.20. The minimum Gasteiger partial charge on any atom is -0.427 e. The predicted octanol–water partition coefficient (Wildman–Crippen LogP) is 4.07. The molecule has 0 bridgehead atoms. The van der Waals surface area contributed by atoms with Crippen LogP contribution in [-0.4, -0.2) is 30.3 Å². The maximum atomic E-state index is 10.3. The highest BCUT2D eigenvalue weighted by Gasteiger charge is 2.36. The van der Waals surface area contributed by atoms with Gasteiger partial charge in [0, 0.05) is 30.6 Å². The van der Waals surface area contributed by atoms with E-state index in [4.69, 9.17) is 4.65 Å². The zero-order valence-electron chi connectivity index (χ0n) is 17.7. The predicted molar refractivity (Wildman–Crippen MR) is 112 cm³/mol. The fraction of sp³-hybridized carbons (Fsp3) is 0.714. The molecule has 1 aliphatic rings. The van der Waals surface area contributed by atoms with Crippen LogP contribution in [0.4, 0.5) is 0 Å². The van der Waals surface area contributed by atoms with Gasteiger partial charge in [0.25, 0.3) is 0 Å². The average molecular weight is 361 g/mol. The van der Waals surface area contributed by atoms with Crippen molar-refractivity contribution in [1.82, 2.24) is 10.6 Å². The number of rotatable bonds is 11. The van der Waals surface area contributed by atoms with E-state index in [9.17, 15) is 5.11 Å². The van der Waals surface area contributed by atoms with Crippen LogP contribution in [0.2, 0.25) is 0 Å². The summed E-state index contributed by atoms with van der Waals surface area (Å²) < 4.78 is 5.94. The van der Waals surface area contributed by atoms with Crippen molar-refractivity contribution in [3.8, 4) is 0 Å². The number of nitrogens with one attached hydrogen (secondary N) is 2. The van der Waals surface area contributed by atoms with Crippen LogP contribution in [0.15, 0.2) is 35.7 Å². The standard InChI is InChI=1S/C21H38BN2O2/c1-8-10-11-18-16(3)14-17(15-19(18)24-13-12-23-9-2)22-26-21(6,7)20(4,5)25/h12-16,18,23-25H,8-11H2,1-7H3/b13-12-. The molecule has 2 unspecified atom stereocenters. The summed E-state index contributed by atoms with van der Waals surface area (Å²) in [6.07, 6.45) is 11.9. The summed E-state index contributed by atoms with van der Waals surface area (Å²) in [5, 5.41) is 16.9. The van der Waals surface area contributed by atoms with Gasteiger partial charge in [0.1, 0.15) is 0 Å². The molecule has 0 aromatic carbocycles. The zero-order valence-corrected chi connectivity index (χ0v) is 17.7. The quantitative estimate of drug-likeness (QED) is 0.486. The molecule has 0 amide bonds. The molecule has 1 aliphatic carbocycles. The maximum absolute atomic E-state index is 10.3. The Morgan fingerprint density at radius 2 is 1.92 bits per heavy atom. The van der Waals surface area contributed by atoms with Crippen LogP contribution in [0.5, 0.6) is 0 Å². The summed E-state index contributed by atoms with van der Waals surface area (Å²) in [6.45, 7) is 14.8. The Bertz CT molecular complexity index is 519. The van der Waals surface area contributed by atoms with Gasteiger partial charge in [-0.05, 0) is 53.0 Å². The smallest absolute Gasteiger partial charge is 0.330 e. The summed E-state index contributed by atoms with van der Waals surface area (Å²) in [5.41, 5.74) is 0.677. The molecule has 0 saturated heterocycles. The second-order valence-corrected chi connectivity index (χ2v) is 8.21. The summed E-state index contributed by atoms with van der Waals surface area (Å²) in [5.74, 6) is 0.919. The lowest BCUT2D eigenvalue weighted by atomic mass is 9.73. The van der Waals surface area contributed by atoms with Crippen LogP contribution >= 0.6 is 0 Å². The van der Waals surface area contributed by atoms with E-state index in [1.54, 1.807) is 21.3 Å². The highest BCUT2D eigenvalue weighted by Crippen LogP contribution is 2.32. The number of aliphatic hydroxyl groups is 1. The Labute approximate surface area is 161 Å². The number of allylic oxidation sites excluding steroid dienone is 4. The van der Waals surface area contributed by atoms with Crippen molar-refractivity contribution in [3.05, 3.63) is 35.7 Å². The van der Waals surface area contributed by atoms with E-state index < -0.39 is 11.2 Å². The van der Waals surface area contributed by atoms with Gasteiger partial charge in [-0.3, -0.25) is 0 Å². The van der Waals surface area contributed by atoms with Crippen molar-refractivity contribution in [2.75, 3.05) is 6.54 Å². The Kier molecular flexibility index (Phi) is 8.98. The molecule has 3 N–H and O–H groups in total. The van der Waals surface area contributed by atoms with Crippen LogP contribution < -0.4 is 10.6 Å². The topological polar surface area (TPSA) is 53.5 Å². The molecule has 0 spiro atoms. The van der Waals surface area contributed by atoms with Crippen molar-refractivity contribution < 1.29 is 9.76 Å². The Morgan fingerprint density at radius 1 is 1.23 bits per heavy atom. The van der Waals surface area contributed by atoms with Crippen molar-refractivity contribution in [3.63, 3.8) is 0 Å². The minimum atomic E-state index is -0.923. The third-order valence-corrected chi connectivity index (χ3v) is 5.30. The van der Waals surface area contributed by atoms with Gasteiger partial charge < -0.3 is 20.4 Å². The number of hydrogen-bond acceptors (Lipinski definition) is 4. The maximum Gasteiger partial charge on any atom is 0.330 e. The second-order valence-electron chi connectivity index (χ2n) is 8.21. The molecule has 0 fully saturated rings. The van der Waals surface area contributed by atoms with E-state index in [2.05, 4.69) is 43.6 Å². The molecule has 0 aromatic heterocycles. The molecule has 1 radical (unpaired) electrons. The van der Waals surface area contributed by atoms with Gasteiger partial charge in [-0.2, -0.15) is 0 Å². The molecule has 2 atom stereocenters. The first-order valence-electron chi connectivity index (χ1n) is 9.94. The molecule has 4 nitrogen and oxygen atoms in total. The third-order valence-electron chi connectivity index (χ3n) is 5.30. The normalized spacial score (nSPS) is 21.4. The highest BCUT2D eigenvalue weighted by atomic mass is 16.5. The SMILES string of the molecule is CCCCC1C(N/C=C\NCC)=CC([B]OC(C)(C)C(C)(C)O)=CC1C. The van der Waals surface area contributed by atoms with E-state index in [1.165, 1.54) is 25.0 Å². The molecule has 0 aliphatic heterocycles. The van der Waals surface area contributed by atoms with Gasteiger partial charge in [0.15, 0.2) is 0 Å². The van der Waals surface area contributed by atoms with Gasteiger partial charge in [0.2, 0.25) is 0 Å². The first kappa shape index (κ1) is 22.8. The molecular formula is C21H38BN2O2. The van der Waals surface area contributed by atoms with E-state index in [-0.39, 0.29) is 0 Å². The molecule has 0 aromatic rings. The van der Waals surface area contributed by atoms with Gasteiger partial charge in [0.05, 0.1) is 11.2 Å².